The van der Waals surface area contributed by atoms with Crippen LogP contribution in [0, 0.1) is 0 Å². The van der Waals surface area contributed by atoms with Gasteiger partial charge in [-0.2, -0.15) is 0 Å². The second-order valence-electron chi connectivity index (χ2n) is 4.58. The second-order valence-corrected chi connectivity index (χ2v) is 5.90. The molecule has 0 aliphatic heterocycles. The summed E-state index contributed by atoms with van der Waals surface area (Å²) in [5.41, 5.74) is 6.75. The molecule has 0 bridgehead atoms. The van der Waals surface area contributed by atoms with Crippen LogP contribution >= 0.6 is 27.5 Å². The van der Waals surface area contributed by atoms with Crippen LogP contribution in [0.1, 0.15) is 22.3 Å². The van der Waals surface area contributed by atoms with Crippen molar-refractivity contribution in [2.75, 3.05) is 11.9 Å². The second kappa shape index (κ2) is 7.43. The normalized spacial score (nSPS) is 10.4. The molecule has 6 heteroatoms. The number of pyridine rings is 1. The Morgan fingerprint density at radius 1 is 1.38 bits per heavy atom. The summed E-state index contributed by atoms with van der Waals surface area (Å²) in [5, 5.41) is 3.55. The van der Waals surface area contributed by atoms with Gasteiger partial charge < -0.3 is 11.1 Å². The van der Waals surface area contributed by atoms with E-state index in [1.165, 1.54) is 17.8 Å². The lowest BCUT2D eigenvalue weighted by molar-refractivity contribution is 0.1000. The number of rotatable bonds is 6. The Labute approximate surface area is 136 Å². The zero-order chi connectivity index (χ0) is 15.2. The fourth-order valence-electron chi connectivity index (χ4n) is 1.89. The van der Waals surface area contributed by atoms with E-state index in [-0.39, 0.29) is 0 Å². The molecule has 21 heavy (non-hydrogen) atoms. The standard InChI is InChI=1S/C15H15BrClN3O/c16-12-5-1-3-10(7-12)4-2-6-19-15-13(17)8-11(9-20-15)14(18)21/h1,3,5,7-9H,2,4,6H2,(H2,18,21)(H,19,20). The third-order valence-electron chi connectivity index (χ3n) is 2.95. The van der Waals surface area contributed by atoms with Crippen molar-refractivity contribution in [1.29, 1.82) is 0 Å². The van der Waals surface area contributed by atoms with E-state index in [1.807, 2.05) is 12.1 Å². The average Bonchev–Trinajstić information content (AvgIpc) is 2.45. The fourth-order valence-corrected chi connectivity index (χ4v) is 2.57. The van der Waals surface area contributed by atoms with Crippen LogP contribution < -0.4 is 11.1 Å². The highest BCUT2D eigenvalue weighted by Gasteiger charge is 2.06. The summed E-state index contributed by atoms with van der Waals surface area (Å²) in [6.45, 7) is 0.745. The topological polar surface area (TPSA) is 68.0 Å². The van der Waals surface area contributed by atoms with Crippen LogP contribution in [-0.2, 0) is 6.42 Å². The molecule has 110 valence electrons. The third-order valence-corrected chi connectivity index (χ3v) is 3.73. The SMILES string of the molecule is NC(=O)c1cnc(NCCCc2cccc(Br)c2)c(Cl)c1. The van der Waals surface area contributed by atoms with E-state index in [4.69, 9.17) is 17.3 Å². The van der Waals surface area contributed by atoms with Crippen molar-refractivity contribution in [2.24, 2.45) is 5.73 Å². The van der Waals surface area contributed by atoms with Gasteiger partial charge in [0.1, 0.15) is 5.82 Å². The van der Waals surface area contributed by atoms with Gasteiger partial charge in [-0.1, -0.05) is 39.7 Å². The summed E-state index contributed by atoms with van der Waals surface area (Å²) in [4.78, 5) is 15.1. The van der Waals surface area contributed by atoms with Crippen molar-refractivity contribution in [2.45, 2.75) is 12.8 Å². The lowest BCUT2D eigenvalue weighted by atomic mass is 10.1. The highest BCUT2D eigenvalue weighted by Crippen LogP contribution is 2.20. The van der Waals surface area contributed by atoms with Gasteiger partial charge in [0, 0.05) is 17.2 Å². The molecule has 4 nitrogen and oxygen atoms in total. The van der Waals surface area contributed by atoms with Gasteiger partial charge >= 0.3 is 0 Å². The third kappa shape index (κ3) is 4.72. The summed E-state index contributed by atoms with van der Waals surface area (Å²) < 4.78 is 1.08. The van der Waals surface area contributed by atoms with Crippen molar-refractivity contribution < 1.29 is 4.79 Å². The Balaban J connectivity index is 1.85. The number of carbonyl (C=O) groups is 1. The average molecular weight is 369 g/mol. The maximum absolute atomic E-state index is 11.0. The molecule has 1 aromatic heterocycles. The first kappa shape index (κ1) is 15.8. The van der Waals surface area contributed by atoms with E-state index >= 15 is 0 Å². The van der Waals surface area contributed by atoms with Crippen LogP contribution in [0.15, 0.2) is 41.0 Å². The molecule has 0 saturated heterocycles. The smallest absolute Gasteiger partial charge is 0.250 e. The number of nitrogens with two attached hydrogens (primary N) is 1. The molecule has 1 amide bonds. The van der Waals surface area contributed by atoms with Crippen molar-refractivity contribution in [3.63, 3.8) is 0 Å². The number of primary amides is 1. The van der Waals surface area contributed by atoms with Gasteiger partial charge in [-0.25, -0.2) is 4.98 Å². The summed E-state index contributed by atoms with van der Waals surface area (Å²) >= 11 is 9.51. The monoisotopic (exact) mass is 367 g/mol. The molecule has 0 radical (unpaired) electrons. The lowest BCUT2D eigenvalue weighted by Crippen LogP contribution is -2.12. The fraction of sp³-hybridized carbons (Fsp3) is 0.200. The molecule has 0 aliphatic rings. The minimum absolute atomic E-state index is 0.305. The van der Waals surface area contributed by atoms with Crippen LogP contribution in [0.25, 0.3) is 0 Å². The number of aromatic nitrogens is 1. The van der Waals surface area contributed by atoms with E-state index in [1.54, 1.807) is 0 Å². The first-order valence-electron chi connectivity index (χ1n) is 6.50. The number of nitrogens with zero attached hydrogens (tertiary/aromatic N) is 1. The Kier molecular flexibility index (Phi) is 5.59. The maximum Gasteiger partial charge on any atom is 0.250 e. The predicted molar refractivity (Wildman–Crippen MR) is 88.7 cm³/mol. The van der Waals surface area contributed by atoms with Crippen LogP contribution in [0.5, 0.6) is 0 Å². The van der Waals surface area contributed by atoms with Crippen LogP contribution in [0.2, 0.25) is 5.02 Å². The van der Waals surface area contributed by atoms with E-state index in [0.717, 1.165) is 23.9 Å². The summed E-state index contributed by atoms with van der Waals surface area (Å²) in [6, 6.07) is 9.75. The first-order chi connectivity index (χ1) is 10.1. The molecule has 0 aliphatic carbocycles. The van der Waals surface area contributed by atoms with E-state index in [0.29, 0.717) is 16.4 Å². The number of halogens is 2. The van der Waals surface area contributed by atoms with Gasteiger partial charge in [-0.3, -0.25) is 4.79 Å². The summed E-state index contributed by atoms with van der Waals surface area (Å²) in [6.07, 6.45) is 3.33. The molecular formula is C15H15BrClN3O. The van der Waals surface area contributed by atoms with Crippen molar-refractivity contribution >= 4 is 39.3 Å². The molecule has 0 saturated carbocycles. The number of benzene rings is 1. The largest absolute Gasteiger partial charge is 0.369 e. The van der Waals surface area contributed by atoms with Crippen molar-refractivity contribution in [3.8, 4) is 0 Å². The van der Waals surface area contributed by atoms with Gasteiger partial charge in [0.15, 0.2) is 0 Å². The Bertz CT molecular complexity index is 649. The maximum atomic E-state index is 11.0. The quantitative estimate of drug-likeness (QED) is 0.765. The number of aryl methyl sites for hydroxylation is 1. The van der Waals surface area contributed by atoms with E-state index in [9.17, 15) is 4.79 Å². The molecule has 2 rings (SSSR count). The Morgan fingerprint density at radius 2 is 2.19 bits per heavy atom. The Morgan fingerprint density at radius 3 is 2.86 bits per heavy atom. The summed E-state index contributed by atoms with van der Waals surface area (Å²) in [5.74, 6) is 0.0292. The molecule has 3 N–H and O–H groups in total. The molecule has 1 aromatic carbocycles. The van der Waals surface area contributed by atoms with E-state index in [2.05, 4.69) is 38.4 Å². The number of nitrogens with one attached hydrogen (secondary N) is 1. The molecular weight excluding hydrogens is 354 g/mol. The van der Waals surface area contributed by atoms with Crippen LogP contribution in [0.4, 0.5) is 5.82 Å². The number of hydrogen-bond acceptors (Lipinski definition) is 3. The molecule has 2 aromatic rings. The number of amides is 1. The van der Waals surface area contributed by atoms with Gasteiger partial charge in [-0.15, -0.1) is 0 Å². The van der Waals surface area contributed by atoms with Gasteiger partial charge in [0.25, 0.3) is 0 Å². The zero-order valence-corrected chi connectivity index (χ0v) is 13.6. The van der Waals surface area contributed by atoms with Gasteiger partial charge in [0.2, 0.25) is 5.91 Å². The predicted octanol–water partition coefficient (Wildman–Crippen LogP) is 3.64. The number of hydrogen-bond donors (Lipinski definition) is 2. The van der Waals surface area contributed by atoms with Gasteiger partial charge in [0.05, 0.1) is 10.6 Å². The number of anilines is 1. The molecule has 0 fully saturated rings. The molecule has 0 atom stereocenters. The highest BCUT2D eigenvalue weighted by atomic mass is 79.9. The molecule has 0 unspecified atom stereocenters. The Hall–Kier alpha value is -1.59. The minimum Gasteiger partial charge on any atom is -0.369 e. The van der Waals surface area contributed by atoms with Crippen LogP contribution in [-0.4, -0.2) is 17.4 Å². The minimum atomic E-state index is -0.536. The van der Waals surface area contributed by atoms with Crippen LogP contribution in [0.3, 0.4) is 0 Å². The lowest BCUT2D eigenvalue weighted by Gasteiger charge is -2.08. The summed E-state index contributed by atoms with van der Waals surface area (Å²) in [7, 11) is 0. The van der Waals surface area contributed by atoms with Crippen molar-refractivity contribution in [3.05, 3.63) is 57.2 Å². The zero-order valence-electron chi connectivity index (χ0n) is 11.3. The molecule has 0 spiro atoms. The van der Waals surface area contributed by atoms with Gasteiger partial charge in [-0.05, 0) is 36.6 Å². The highest BCUT2D eigenvalue weighted by molar-refractivity contribution is 9.10. The first-order valence-corrected chi connectivity index (χ1v) is 7.67. The number of carbonyl (C=O) groups excluding carboxylic acids is 1. The van der Waals surface area contributed by atoms with Crippen molar-refractivity contribution in [1.82, 2.24) is 4.98 Å². The molecule has 1 heterocycles. The van der Waals surface area contributed by atoms with E-state index < -0.39 is 5.91 Å².